The zero-order valence-corrected chi connectivity index (χ0v) is 19.3. The highest BCUT2D eigenvalue weighted by atomic mass is 16.5. The third-order valence-electron chi connectivity index (χ3n) is 6.35. The van der Waals surface area contributed by atoms with E-state index in [-0.39, 0.29) is 11.3 Å². The number of ether oxygens (including phenoxy) is 1. The van der Waals surface area contributed by atoms with Gasteiger partial charge in [0.15, 0.2) is 0 Å². The van der Waals surface area contributed by atoms with Crippen LogP contribution in [0.15, 0.2) is 66.4 Å². The van der Waals surface area contributed by atoms with E-state index in [4.69, 9.17) is 4.74 Å². The van der Waals surface area contributed by atoms with Crippen molar-refractivity contribution in [3.63, 3.8) is 0 Å². The van der Waals surface area contributed by atoms with Gasteiger partial charge in [0.1, 0.15) is 24.2 Å². The van der Waals surface area contributed by atoms with Gasteiger partial charge in [0.2, 0.25) is 0 Å². The molecule has 1 N–H and O–H groups in total. The van der Waals surface area contributed by atoms with Gasteiger partial charge in [-0.1, -0.05) is 23.8 Å². The summed E-state index contributed by atoms with van der Waals surface area (Å²) in [5.74, 6) is -0.955. The Balaban J connectivity index is 1.71. The first-order chi connectivity index (χ1) is 16.4. The highest BCUT2D eigenvalue weighted by Gasteiger charge is 2.48. The summed E-state index contributed by atoms with van der Waals surface area (Å²) < 4.78 is 5.70. The maximum absolute atomic E-state index is 13.3. The van der Waals surface area contributed by atoms with Crippen LogP contribution in [0.2, 0.25) is 0 Å². The summed E-state index contributed by atoms with van der Waals surface area (Å²) >= 11 is 0. The second-order valence-electron chi connectivity index (χ2n) is 8.67. The van der Waals surface area contributed by atoms with Gasteiger partial charge in [0.05, 0.1) is 23.5 Å². The predicted octanol–water partition coefficient (Wildman–Crippen LogP) is 4.15. The minimum absolute atomic E-state index is 0.0167. The molecule has 34 heavy (non-hydrogen) atoms. The summed E-state index contributed by atoms with van der Waals surface area (Å²) in [6.45, 7) is 5.16. The summed E-state index contributed by atoms with van der Waals surface area (Å²) in [7, 11) is 1.94. The Morgan fingerprint density at radius 3 is 2.62 bits per heavy atom. The summed E-state index contributed by atoms with van der Waals surface area (Å²) in [6.07, 6.45) is 1.61. The van der Waals surface area contributed by atoms with Crippen LogP contribution in [0.3, 0.4) is 0 Å². The fourth-order valence-corrected chi connectivity index (χ4v) is 4.63. The maximum atomic E-state index is 13.3. The van der Waals surface area contributed by atoms with E-state index in [0.29, 0.717) is 35.8 Å². The molecule has 1 amide bonds. The van der Waals surface area contributed by atoms with Gasteiger partial charge in [0, 0.05) is 24.5 Å². The number of aliphatic hydroxyl groups excluding tert-OH is 1. The zero-order chi connectivity index (χ0) is 24.0. The first-order valence-electron chi connectivity index (χ1n) is 11.1. The molecule has 0 bridgehead atoms. The highest BCUT2D eigenvalue weighted by molar-refractivity contribution is 6.51. The van der Waals surface area contributed by atoms with E-state index in [2.05, 4.69) is 4.98 Å². The number of nitrogens with zero attached hydrogens (tertiary/aromatic N) is 3. The number of aryl methyl sites for hydroxylation is 2. The van der Waals surface area contributed by atoms with Gasteiger partial charge in [0.25, 0.3) is 11.7 Å². The van der Waals surface area contributed by atoms with Gasteiger partial charge in [-0.05, 0) is 55.8 Å². The van der Waals surface area contributed by atoms with Gasteiger partial charge in [-0.2, -0.15) is 0 Å². The van der Waals surface area contributed by atoms with Crippen molar-refractivity contribution >= 4 is 28.8 Å². The minimum Gasteiger partial charge on any atom is -0.507 e. The van der Waals surface area contributed by atoms with Crippen LogP contribution in [0.5, 0.6) is 5.75 Å². The van der Waals surface area contributed by atoms with Gasteiger partial charge in [-0.25, -0.2) is 0 Å². The number of amides is 1. The Hall–Kier alpha value is -4.13. The van der Waals surface area contributed by atoms with Crippen molar-refractivity contribution in [3.05, 3.63) is 88.8 Å². The molecule has 0 spiro atoms. The number of aromatic nitrogens is 1. The number of Topliss-reactive ketones (excluding diaryl/α,β-unsaturated/α-hetero) is 1. The second-order valence-corrected chi connectivity index (χ2v) is 8.67. The number of hydrogen-bond donors (Lipinski definition) is 1. The standard InChI is InChI=1S/C27H25N3O4/c1-16-7-9-20(17(2)14-16)30-24(19-6-4-5-11-28-19)23(26(32)27(30)33)25(31)18-8-10-22-21(15-18)29(3)12-13-34-22/h4-11,14-15,24,31H,12-13H2,1-3H3/b25-23-. The Morgan fingerprint density at radius 2 is 1.88 bits per heavy atom. The topological polar surface area (TPSA) is 83.0 Å². The summed E-state index contributed by atoms with van der Waals surface area (Å²) in [5.41, 5.74) is 4.29. The van der Waals surface area contributed by atoms with Gasteiger partial charge in [-0.15, -0.1) is 0 Å². The van der Waals surface area contributed by atoms with E-state index in [1.807, 2.05) is 44.0 Å². The fourth-order valence-electron chi connectivity index (χ4n) is 4.63. The number of carbonyl (C=O) groups excluding carboxylic acids is 2. The van der Waals surface area contributed by atoms with Crippen molar-refractivity contribution in [1.82, 2.24) is 4.98 Å². The Bertz CT molecular complexity index is 1330. The van der Waals surface area contributed by atoms with Crippen molar-refractivity contribution in [2.75, 3.05) is 30.0 Å². The van der Waals surface area contributed by atoms with Crippen LogP contribution in [0.25, 0.3) is 5.76 Å². The molecule has 0 aliphatic carbocycles. The Morgan fingerprint density at radius 1 is 1.06 bits per heavy atom. The van der Waals surface area contributed by atoms with Crippen molar-refractivity contribution in [3.8, 4) is 5.75 Å². The van der Waals surface area contributed by atoms with Gasteiger partial charge < -0.3 is 14.7 Å². The molecule has 3 aromatic rings. The minimum atomic E-state index is -0.854. The van der Waals surface area contributed by atoms with Crippen LogP contribution in [-0.4, -0.2) is 42.0 Å². The van der Waals surface area contributed by atoms with Crippen molar-refractivity contribution < 1.29 is 19.4 Å². The number of rotatable bonds is 3. The molecular formula is C27H25N3O4. The van der Waals surface area contributed by atoms with E-state index in [9.17, 15) is 14.7 Å². The molecular weight excluding hydrogens is 430 g/mol. The monoisotopic (exact) mass is 455 g/mol. The second kappa shape index (κ2) is 8.33. The molecule has 0 radical (unpaired) electrons. The van der Waals surface area contributed by atoms with Crippen molar-refractivity contribution in [2.24, 2.45) is 0 Å². The number of hydrogen-bond acceptors (Lipinski definition) is 6. The van der Waals surface area contributed by atoms with Crippen molar-refractivity contribution in [1.29, 1.82) is 0 Å². The van der Waals surface area contributed by atoms with Gasteiger partial charge in [-0.3, -0.25) is 19.5 Å². The largest absolute Gasteiger partial charge is 0.507 e. The molecule has 172 valence electrons. The lowest BCUT2D eigenvalue weighted by molar-refractivity contribution is -0.132. The van der Waals surface area contributed by atoms with Crippen LogP contribution in [0.1, 0.15) is 28.4 Å². The molecule has 1 fully saturated rings. The van der Waals surface area contributed by atoms with E-state index >= 15 is 0 Å². The van der Waals surface area contributed by atoms with Crippen LogP contribution in [-0.2, 0) is 9.59 Å². The lowest BCUT2D eigenvalue weighted by Crippen LogP contribution is -2.30. The molecule has 1 aromatic heterocycles. The number of anilines is 2. The van der Waals surface area contributed by atoms with Crippen LogP contribution in [0.4, 0.5) is 11.4 Å². The van der Waals surface area contributed by atoms with Gasteiger partial charge >= 0.3 is 0 Å². The summed E-state index contributed by atoms with van der Waals surface area (Å²) in [5, 5.41) is 11.4. The summed E-state index contributed by atoms with van der Waals surface area (Å²) in [4.78, 5) is 34.6. The maximum Gasteiger partial charge on any atom is 0.300 e. The first-order valence-corrected chi connectivity index (χ1v) is 11.1. The summed E-state index contributed by atoms with van der Waals surface area (Å²) in [6, 6.07) is 15.4. The fraction of sp³-hybridized carbons (Fsp3) is 0.222. The molecule has 5 rings (SSSR count). The molecule has 3 heterocycles. The quantitative estimate of drug-likeness (QED) is 0.363. The van der Waals surface area contributed by atoms with E-state index in [0.717, 1.165) is 16.8 Å². The van der Waals surface area contributed by atoms with E-state index in [1.54, 1.807) is 42.6 Å². The average Bonchev–Trinajstić information content (AvgIpc) is 3.10. The molecule has 1 saturated heterocycles. The van der Waals surface area contributed by atoms with E-state index < -0.39 is 17.7 Å². The molecule has 2 aliphatic rings. The van der Waals surface area contributed by atoms with Crippen molar-refractivity contribution in [2.45, 2.75) is 19.9 Å². The van der Waals surface area contributed by atoms with E-state index in [1.165, 1.54) is 4.90 Å². The Kier molecular flexibility index (Phi) is 5.32. The molecule has 7 nitrogen and oxygen atoms in total. The third-order valence-corrected chi connectivity index (χ3v) is 6.35. The molecule has 7 heteroatoms. The number of aliphatic hydroxyl groups is 1. The molecule has 1 atom stereocenters. The third kappa shape index (κ3) is 3.50. The number of benzene rings is 2. The number of ketones is 1. The zero-order valence-electron chi connectivity index (χ0n) is 19.3. The SMILES string of the molecule is Cc1ccc(N2C(=O)C(=O)/C(=C(\O)c3ccc4c(c3)N(C)CCO4)C2c2ccccn2)c(C)c1. The first kappa shape index (κ1) is 21.7. The normalized spacial score (nSPS) is 19.2. The molecule has 0 saturated carbocycles. The van der Waals surface area contributed by atoms with Crippen LogP contribution < -0.4 is 14.5 Å². The number of likely N-dealkylation sites (N-methyl/N-ethyl adjacent to an activating group) is 1. The Labute approximate surface area is 197 Å². The number of fused-ring (bicyclic) bond motifs is 1. The number of carbonyl (C=O) groups is 2. The molecule has 1 unspecified atom stereocenters. The highest BCUT2D eigenvalue weighted by Crippen LogP contribution is 2.43. The lowest BCUT2D eigenvalue weighted by Gasteiger charge is -2.28. The molecule has 2 aliphatic heterocycles. The predicted molar refractivity (Wildman–Crippen MR) is 130 cm³/mol. The van der Waals surface area contributed by atoms with Crippen LogP contribution >= 0.6 is 0 Å². The average molecular weight is 456 g/mol. The lowest BCUT2D eigenvalue weighted by atomic mass is 9.97. The smallest absolute Gasteiger partial charge is 0.300 e. The van der Waals surface area contributed by atoms with Crippen LogP contribution in [0, 0.1) is 13.8 Å². The number of pyridine rings is 1. The molecule has 2 aromatic carbocycles.